The van der Waals surface area contributed by atoms with Crippen LogP contribution in [-0.4, -0.2) is 62.9 Å². The third-order valence-corrected chi connectivity index (χ3v) is 3.61. The lowest BCUT2D eigenvalue weighted by atomic mass is 10.1. The molecule has 0 aromatic heterocycles. The van der Waals surface area contributed by atoms with Crippen LogP contribution in [0.25, 0.3) is 0 Å². The fourth-order valence-corrected chi connectivity index (χ4v) is 2.54. The van der Waals surface area contributed by atoms with E-state index in [1.165, 1.54) is 13.1 Å². The number of methoxy groups -OCH3 is 1. The molecule has 3 atom stereocenters. The van der Waals surface area contributed by atoms with Gasteiger partial charge in [-0.3, -0.25) is 4.90 Å². The maximum Gasteiger partial charge on any atom is 0.0711 e. The Morgan fingerprint density at radius 1 is 1.40 bits per heavy atom. The van der Waals surface area contributed by atoms with Crippen LogP contribution in [0.1, 0.15) is 13.3 Å². The third-order valence-electron chi connectivity index (χ3n) is 3.61. The minimum atomic E-state index is 0.424. The van der Waals surface area contributed by atoms with E-state index in [1.54, 1.807) is 0 Å². The summed E-state index contributed by atoms with van der Waals surface area (Å²) in [5, 5.41) is 6.96. The van der Waals surface area contributed by atoms with Crippen molar-refractivity contribution in [2.75, 3.05) is 39.8 Å². The van der Waals surface area contributed by atoms with E-state index < -0.39 is 0 Å². The van der Waals surface area contributed by atoms with Gasteiger partial charge in [0.05, 0.1) is 6.10 Å². The molecule has 2 aliphatic rings. The van der Waals surface area contributed by atoms with Gasteiger partial charge in [-0.1, -0.05) is 0 Å². The molecule has 0 saturated carbocycles. The Morgan fingerprint density at radius 2 is 2.27 bits per heavy atom. The van der Waals surface area contributed by atoms with Gasteiger partial charge in [0.2, 0.25) is 0 Å². The van der Waals surface area contributed by atoms with Gasteiger partial charge in [0.15, 0.2) is 0 Å². The first-order valence-electron chi connectivity index (χ1n) is 6.00. The number of ether oxygens (including phenoxy) is 1. The minimum absolute atomic E-state index is 0.424. The first kappa shape index (κ1) is 11.3. The molecule has 2 N–H and O–H groups in total. The number of nitrogens with one attached hydrogen (secondary N) is 2. The molecule has 0 spiro atoms. The predicted molar refractivity (Wildman–Crippen MR) is 61.1 cm³/mol. The van der Waals surface area contributed by atoms with E-state index in [0.717, 1.165) is 26.1 Å². The number of nitrogens with zero attached hydrogens (tertiary/aromatic N) is 1. The molecule has 0 amide bonds. The van der Waals surface area contributed by atoms with Crippen molar-refractivity contribution in [3.05, 3.63) is 0 Å². The highest BCUT2D eigenvalue weighted by molar-refractivity contribution is 4.87. The zero-order chi connectivity index (χ0) is 10.7. The Labute approximate surface area is 92.4 Å². The Hall–Kier alpha value is -0.160. The van der Waals surface area contributed by atoms with E-state index in [0.29, 0.717) is 18.2 Å². The van der Waals surface area contributed by atoms with E-state index in [1.807, 2.05) is 7.11 Å². The van der Waals surface area contributed by atoms with E-state index in [2.05, 4.69) is 22.5 Å². The van der Waals surface area contributed by atoms with E-state index in [4.69, 9.17) is 4.74 Å². The molecular formula is C11H23N3O. The van der Waals surface area contributed by atoms with Crippen LogP contribution in [0.2, 0.25) is 0 Å². The minimum Gasteiger partial charge on any atom is -0.380 e. The van der Waals surface area contributed by atoms with Crippen LogP contribution in [0.15, 0.2) is 0 Å². The predicted octanol–water partition coefficient (Wildman–Crippen LogP) is -0.343. The van der Waals surface area contributed by atoms with E-state index in [9.17, 15) is 0 Å². The molecule has 0 aromatic carbocycles. The second-order valence-corrected chi connectivity index (χ2v) is 4.75. The van der Waals surface area contributed by atoms with Gasteiger partial charge >= 0.3 is 0 Å². The maximum absolute atomic E-state index is 5.36. The Bertz CT molecular complexity index is 200. The first-order valence-corrected chi connectivity index (χ1v) is 6.00. The summed E-state index contributed by atoms with van der Waals surface area (Å²) in [6.07, 6.45) is 1.58. The zero-order valence-corrected chi connectivity index (χ0v) is 9.83. The summed E-state index contributed by atoms with van der Waals surface area (Å²) in [7, 11) is 1.81. The molecule has 4 heteroatoms. The number of piperazine rings is 1. The number of rotatable bonds is 3. The van der Waals surface area contributed by atoms with Gasteiger partial charge in [0.1, 0.15) is 0 Å². The average Bonchev–Trinajstić information content (AvgIpc) is 2.69. The van der Waals surface area contributed by atoms with E-state index in [-0.39, 0.29) is 0 Å². The Balaban J connectivity index is 1.76. The van der Waals surface area contributed by atoms with Crippen molar-refractivity contribution in [2.24, 2.45) is 0 Å². The summed E-state index contributed by atoms with van der Waals surface area (Å²) in [5.41, 5.74) is 0. The van der Waals surface area contributed by atoms with Crippen LogP contribution in [0, 0.1) is 0 Å². The average molecular weight is 213 g/mol. The fraction of sp³-hybridized carbons (Fsp3) is 1.00. The van der Waals surface area contributed by atoms with Crippen molar-refractivity contribution in [3.63, 3.8) is 0 Å². The van der Waals surface area contributed by atoms with Gasteiger partial charge in [-0.25, -0.2) is 0 Å². The molecule has 0 aliphatic carbocycles. The largest absolute Gasteiger partial charge is 0.380 e. The lowest BCUT2D eigenvalue weighted by Gasteiger charge is -2.35. The second-order valence-electron chi connectivity index (χ2n) is 4.75. The molecule has 15 heavy (non-hydrogen) atoms. The molecule has 1 unspecified atom stereocenters. The lowest BCUT2D eigenvalue weighted by molar-refractivity contribution is 0.112. The standard InChI is InChI=1S/C11H23N3O/c1-9-6-12-3-4-14(9)8-10-5-11(15-2)7-13-10/h9-13H,3-8H2,1-2H3/t9?,10-,11-/m0/s1. The Kier molecular flexibility index (Phi) is 3.97. The van der Waals surface area contributed by atoms with Crippen molar-refractivity contribution in [1.29, 1.82) is 0 Å². The number of hydrogen-bond donors (Lipinski definition) is 2. The molecular weight excluding hydrogens is 190 g/mol. The monoisotopic (exact) mass is 213 g/mol. The fourth-order valence-electron chi connectivity index (χ4n) is 2.54. The highest BCUT2D eigenvalue weighted by Crippen LogP contribution is 2.12. The van der Waals surface area contributed by atoms with Gasteiger partial charge in [-0.15, -0.1) is 0 Å². The second kappa shape index (κ2) is 5.25. The van der Waals surface area contributed by atoms with Crippen LogP contribution >= 0.6 is 0 Å². The van der Waals surface area contributed by atoms with Gasteiger partial charge in [-0.05, 0) is 13.3 Å². The Morgan fingerprint density at radius 3 is 2.93 bits per heavy atom. The van der Waals surface area contributed by atoms with Crippen molar-refractivity contribution in [3.8, 4) is 0 Å². The molecule has 0 bridgehead atoms. The van der Waals surface area contributed by atoms with Gasteiger partial charge in [0, 0.05) is 51.9 Å². The molecule has 0 aromatic rings. The quantitative estimate of drug-likeness (QED) is 0.672. The van der Waals surface area contributed by atoms with Gasteiger partial charge < -0.3 is 15.4 Å². The van der Waals surface area contributed by atoms with Crippen LogP contribution in [0.5, 0.6) is 0 Å². The summed E-state index contributed by atoms with van der Waals surface area (Å²) in [6, 6.07) is 1.29. The molecule has 2 aliphatic heterocycles. The number of hydrogen-bond acceptors (Lipinski definition) is 4. The molecule has 0 radical (unpaired) electrons. The van der Waals surface area contributed by atoms with Crippen LogP contribution in [0.3, 0.4) is 0 Å². The molecule has 4 nitrogen and oxygen atoms in total. The van der Waals surface area contributed by atoms with Crippen LogP contribution < -0.4 is 10.6 Å². The maximum atomic E-state index is 5.36. The summed E-state index contributed by atoms with van der Waals surface area (Å²) in [5.74, 6) is 0. The third kappa shape index (κ3) is 2.91. The lowest BCUT2D eigenvalue weighted by Crippen LogP contribution is -2.53. The summed E-state index contributed by atoms with van der Waals surface area (Å²) < 4.78 is 5.36. The highest BCUT2D eigenvalue weighted by atomic mass is 16.5. The molecule has 88 valence electrons. The molecule has 2 saturated heterocycles. The zero-order valence-electron chi connectivity index (χ0n) is 9.83. The van der Waals surface area contributed by atoms with Crippen LogP contribution in [-0.2, 0) is 4.74 Å². The molecule has 2 rings (SSSR count). The summed E-state index contributed by atoms with van der Waals surface area (Å²) in [4.78, 5) is 2.58. The molecule has 2 fully saturated rings. The first-order chi connectivity index (χ1) is 7.29. The van der Waals surface area contributed by atoms with Crippen molar-refractivity contribution in [2.45, 2.75) is 31.5 Å². The highest BCUT2D eigenvalue weighted by Gasteiger charge is 2.27. The van der Waals surface area contributed by atoms with E-state index >= 15 is 0 Å². The smallest absolute Gasteiger partial charge is 0.0711 e. The van der Waals surface area contributed by atoms with Crippen molar-refractivity contribution in [1.82, 2.24) is 15.5 Å². The summed E-state index contributed by atoms with van der Waals surface area (Å²) >= 11 is 0. The SMILES string of the molecule is CO[C@@H]1CN[C@H](CN2CCNCC2C)C1. The molecule has 2 heterocycles. The van der Waals surface area contributed by atoms with Gasteiger partial charge in [-0.2, -0.15) is 0 Å². The van der Waals surface area contributed by atoms with Gasteiger partial charge in [0.25, 0.3) is 0 Å². The summed E-state index contributed by atoms with van der Waals surface area (Å²) in [6.45, 7) is 7.92. The van der Waals surface area contributed by atoms with Crippen LogP contribution in [0.4, 0.5) is 0 Å². The van der Waals surface area contributed by atoms with Crippen molar-refractivity contribution < 1.29 is 4.74 Å². The van der Waals surface area contributed by atoms with Crippen molar-refractivity contribution >= 4 is 0 Å². The normalized spacial score (nSPS) is 38.4. The topological polar surface area (TPSA) is 36.5 Å².